The molecule has 184 valence electrons. The molecule has 0 saturated carbocycles. The third-order valence-electron chi connectivity index (χ3n) is 5.54. The SMILES string of the molecule is CCNC(=NCc1ccc(N2CC(C)OC(C)C2)nc1)NCC(C)(O)c1cc(C)oc1C.I. The highest BCUT2D eigenvalue weighted by atomic mass is 127. The number of hydrogen-bond donors (Lipinski definition) is 3. The fourth-order valence-electron chi connectivity index (χ4n) is 4.09. The summed E-state index contributed by atoms with van der Waals surface area (Å²) in [6.07, 6.45) is 2.28. The molecule has 0 spiro atoms. The van der Waals surface area contributed by atoms with Crippen LogP contribution in [0, 0.1) is 13.8 Å². The number of pyridine rings is 1. The Hall–Kier alpha value is -1.85. The van der Waals surface area contributed by atoms with Gasteiger partial charge in [0.05, 0.1) is 25.3 Å². The molecule has 2 aromatic heterocycles. The number of morpholine rings is 1. The molecule has 9 heteroatoms. The molecular formula is C24H38IN5O3. The number of hydrogen-bond acceptors (Lipinski definition) is 6. The standard InChI is InChI=1S/C24H37N5O3.HI/c1-7-25-23(28-15-24(6,30)21-10-16(2)32-19(21)5)27-12-20-8-9-22(26-11-20)29-13-17(3)31-18(4)14-29;/h8-11,17-18,30H,7,12-15H2,1-6H3,(H2,25,27,28);1H. The molecule has 1 fully saturated rings. The first kappa shape index (κ1) is 27.4. The van der Waals surface area contributed by atoms with Crippen LogP contribution in [0.4, 0.5) is 5.82 Å². The van der Waals surface area contributed by atoms with Crippen molar-refractivity contribution in [3.63, 3.8) is 0 Å². The van der Waals surface area contributed by atoms with Crippen LogP contribution in [0.1, 0.15) is 50.3 Å². The third kappa shape index (κ3) is 7.58. The second-order valence-electron chi connectivity index (χ2n) is 8.84. The summed E-state index contributed by atoms with van der Waals surface area (Å²) in [5.41, 5.74) is 0.728. The van der Waals surface area contributed by atoms with Crippen LogP contribution in [0.15, 0.2) is 33.8 Å². The number of aryl methyl sites for hydroxylation is 2. The molecule has 0 amide bonds. The highest BCUT2D eigenvalue weighted by Crippen LogP contribution is 2.26. The van der Waals surface area contributed by atoms with E-state index in [4.69, 9.17) is 9.15 Å². The number of guanidine groups is 1. The van der Waals surface area contributed by atoms with E-state index in [0.29, 0.717) is 19.0 Å². The van der Waals surface area contributed by atoms with E-state index in [-0.39, 0.29) is 36.2 Å². The zero-order valence-electron chi connectivity index (χ0n) is 20.5. The maximum atomic E-state index is 10.9. The summed E-state index contributed by atoms with van der Waals surface area (Å²) < 4.78 is 11.4. The van der Waals surface area contributed by atoms with Gasteiger partial charge in [0, 0.05) is 31.4 Å². The van der Waals surface area contributed by atoms with Crippen LogP contribution < -0.4 is 15.5 Å². The number of rotatable bonds is 7. The predicted octanol–water partition coefficient (Wildman–Crippen LogP) is 3.49. The second-order valence-corrected chi connectivity index (χ2v) is 8.84. The number of halogens is 1. The lowest BCUT2D eigenvalue weighted by Gasteiger charge is -2.36. The first-order valence-corrected chi connectivity index (χ1v) is 11.4. The number of nitrogens with one attached hydrogen (secondary N) is 2. The van der Waals surface area contributed by atoms with Gasteiger partial charge in [0.2, 0.25) is 0 Å². The summed E-state index contributed by atoms with van der Waals surface area (Å²) >= 11 is 0. The van der Waals surface area contributed by atoms with Gasteiger partial charge < -0.3 is 29.8 Å². The fourth-order valence-corrected chi connectivity index (χ4v) is 4.09. The molecule has 0 aliphatic carbocycles. The first-order valence-electron chi connectivity index (χ1n) is 11.4. The van der Waals surface area contributed by atoms with Crippen LogP contribution >= 0.6 is 24.0 Å². The van der Waals surface area contributed by atoms with E-state index in [1.807, 2.05) is 39.1 Å². The van der Waals surface area contributed by atoms with E-state index in [0.717, 1.165) is 48.1 Å². The van der Waals surface area contributed by atoms with Crippen LogP contribution in [-0.2, 0) is 16.9 Å². The van der Waals surface area contributed by atoms with Crippen LogP contribution in [0.5, 0.6) is 0 Å². The molecule has 33 heavy (non-hydrogen) atoms. The molecule has 1 aliphatic rings. The Morgan fingerprint density at radius 2 is 1.94 bits per heavy atom. The zero-order valence-corrected chi connectivity index (χ0v) is 22.8. The van der Waals surface area contributed by atoms with Crippen molar-refractivity contribution in [3.05, 3.63) is 47.0 Å². The lowest BCUT2D eigenvalue weighted by Crippen LogP contribution is -2.45. The largest absolute Gasteiger partial charge is 0.466 e. The molecule has 0 aromatic carbocycles. The highest BCUT2D eigenvalue weighted by Gasteiger charge is 2.28. The highest BCUT2D eigenvalue weighted by molar-refractivity contribution is 14.0. The fraction of sp³-hybridized carbons (Fsp3) is 0.583. The van der Waals surface area contributed by atoms with Crippen molar-refractivity contribution in [2.45, 2.75) is 65.9 Å². The number of nitrogens with zero attached hydrogens (tertiary/aromatic N) is 3. The Kier molecular flexibility index (Phi) is 9.99. The topological polar surface area (TPSA) is 95.2 Å². The maximum absolute atomic E-state index is 10.9. The minimum absolute atomic E-state index is 0. The van der Waals surface area contributed by atoms with Crippen molar-refractivity contribution in [1.82, 2.24) is 15.6 Å². The van der Waals surface area contributed by atoms with Gasteiger partial charge in [-0.05, 0) is 59.2 Å². The van der Waals surface area contributed by atoms with E-state index in [1.54, 1.807) is 6.92 Å². The molecule has 1 aliphatic heterocycles. The summed E-state index contributed by atoms with van der Waals surface area (Å²) in [6, 6.07) is 5.99. The predicted molar refractivity (Wildman–Crippen MR) is 142 cm³/mol. The average Bonchev–Trinajstić information content (AvgIpc) is 3.09. The normalized spacial score (nSPS) is 20.7. The van der Waals surface area contributed by atoms with Crippen LogP contribution in [-0.4, -0.2) is 54.4 Å². The number of furan rings is 1. The zero-order chi connectivity index (χ0) is 23.3. The summed E-state index contributed by atoms with van der Waals surface area (Å²) in [5.74, 6) is 3.12. The van der Waals surface area contributed by atoms with Crippen molar-refractivity contribution in [2.75, 3.05) is 31.1 Å². The number of aromatic nitrogens is 1. The lowest BCUT2D eigenvalue weighted by atomic mass is 9.96. The molecular weight excluding hydrogens is 533 g/mol. The van der Waals surface area contributed by atoms with Gasteiger partial charge >= 0.3 is 0 Å². The van der Waals surface area contributed by atoms with E-state index >= 15 is 0 Å². The van der Waals surface area contributed by atoms with Crippen LogP contribution in [0.25, 0.3) is 0 Å². The summed E-state index contributed by atoms with van der Waals surface area (Å²) in [4.78, 5) is 11.6. The molecule has 1 saturated heterocycles. The first-order chi connectivity index (χ1) is 15.2. The van der Waals surface area contributed by atoms with E-state index in [1.165, 1.54) is 0 Å². The van der Waals surface area contributed by atoms with Gasteiger partial charge in [0.15, 0.2) is 5.96 Å². The molecule has 0 bridgehead atoms. The molecule has 8 nitrogen and oxygen atoms in total. The smallest absolute Gasteiger partial charge is 0.191 e. The van der Waals surface area contributed by atoms with Gasteiger partial charge in [-0.2, -0.15) is 0 Å². The van der Waals surface area contributed by atoms with Crippen LogP contribution in [0.2, 0.25) is 0 Å². The monoisotopic (exact) mass is 571 g/mol. The summed E-state index contributed by atoms with van der Waals surface area (Å²) in [5, 5.41) is 17.4. The molecule has 3 rings (SSSR count). The van der Waals surface area contributed by atoms with Gasteiger partial charge in [-0.25, -0.2) is 9.98 Å². The molecule has 3 heterocycles. The van der Waals surface area contributed by atoms with E-state index in [9.17, 15) is 5.11 Å². The van der Waals surface area contributed by atoms with Gasteiger partial charge in [0.25, 0.3) is 0 Å². The Morgan fingerprint density at radius 3 is 2.48 bits per heavy atom. The number of aliphatic hydroxyl groups is 1. The van der Waals surface area contributed by atoms with Crippen LogP contribution in [0.3, 0.4) is 0 Å². The van der Waals surface area contributed by atoms with Crippen molar-refractivity contribution in [1.29, 1.82) is 0 Å². The molecule has 3 atom stereocenters. The van der Waals surface area contributed by atoms with Gasteiger partial charge in [-0.1, -0.05) is 6.07 Å². The van der Waals surface area contributed by atoms with Crippen molar-refractivity contribution >= 4 is 35.8 Å². The average molecular weight is 572 g/mol. The van der Waals surface area contributed by atoms with Crippen molar-refractivity contribution in [2.24, 2.45) is 4.99 Å². The van der Waals surface area contributed by atoms with Gasteiger partial charge in [-0.15, -0.1) is 24.0 Å². The third-order valence-corrected chi connectivity index (χ3v) is 5.54. The Bertz CT molecular complexity index is 903. The summed E-state index contributed by atoms with van der Waals surface area (Å²) in [6.45, 7) is 14.9. The Morgan fingerprint density at radius 1 is 1.24 bits per heavy atom. The minimum Gasteiger partial charge on any atom is -0.466 e. The van der Waals surface area contributed by atoms with E-state index < -0.39 is 5.60 Å². The lowest BCUT2D eigenvalue weighted by molar-refractivity contribution is -0.00546. The number of anilines is 1. The Balaban J connectivity index is 0.00000385. The Labute approximate surface area is 214 Å². The van der Waals surface area contributed by atoms with Gasteiger partial charge in [-0.3, -0.25) is 0 Å². The molecule has 0 radical (unpaired) electrons. The van der Waals surface area contributed by atoms with Crippen molar-refractivity contribution in [3.8, 4) is 0 Å². The minimum atomic E-state index is -1.08. The molecule has 3 unspecified atom stereocenters. The van der Waals surface area contributed by atoms with Crippen molar-refractivity contribution < 1.29 is 14.3 Å². The number of aliphatic imine (C=N–C) groups is 1. The summed E-state index contributed by atoms with van der Waals surface area (Å²) in [7, 11) is 0. The second kappa shape index (κ2) is 12.0. The molecule has 3 N–H and O–H groups in total. The maximum Gasteiger partial charge on any atom is 0.191 e. The number of ether oxygens (including phenoxy) is 1. The van der Waals surface area contributed by atoms with E-state index in [2.05, 4.69) is 45.4 Å². The quantitative estimate of drug-likeness (QED) is 0.266. The molecule has 2 aromatic rings. The van der Waals surface area contributed by atoms with Gasteiger partial charge in [0.1, 0.15) is 22.9 Å².